The summed E-state index contributed by atoms with van der Waals surface area (Å²) < 4.78 is 6.18. The van der Waals surface area contributed by atoms with Gasteiger partial charge in [0, 0.05) is 18.5 Å². The van der Waals surface area contributed by atoms with E-state index in [9.17, 15) is 0 Å². The number of nitrogens with two attached hydrogens (primary N) is 2. The first-order valence-corrected chi connectivity index (χ1v) is 8.45. The van der Waals surface area contributed by atoms with Crippen molar-refractivity contribution in [3.8, 4) is 5.75 Å². The minimum atomic E-state index is -0.0861. The summed E-state index contributed by atoms with van der Waals surface area (Å²) in [5.41, 5.74) is 13.8. The molecule has 0 aliphatic rings. The lowest BCUT2D eigenvalue weighted by atomic mass is 9.95. The monoisotopic (exact) mass is 312 g/mol. The normalized spacial score (nSPS) is 14.9. The van der Waals surface area contributed by atoms with Crippen LogP contribution in [-0.4, -0.2) is 18.2 Å². The van der Waals surface area contributed by atoms with Gasteiger partial charge in [0.25, 0.3) is 0 Å². The predicted octanol–water partition coefficient (Wildman–Crippen LogP) is 3.52. The van der Waals surface area contributed by atoms with Crippen molar-refractivity contribution in [2.75, 3.05) is 0 Å². The van der Waals surface area contributed by atoms with Gasteiger partial charge in [0.15, 0.2) is 0 Å². The van der Waals surface area contributed by atoms with Gasteiger partial charge in [-0.3, -0.25) is 0 Å². The first kappa shape index (κ1) is 17.5. The van der Waals surface area contributed by atoms with Crippen molar-refractivity contribution >= 4 is 0 Å². The minimum Gasteiger partial charge on any atom is -0.488 e. The van der Waals surface area contributed by atoms with Crippen molar-refractivity contribution in [2.24, 2.45) is 11.5 Å². The van der Waals surface area contributed by atoms with E-state index in [0.29, 0.717) is 0 Å². The molecule has 0 aromatic heterocycles. The van der Waals surface area contributed by atoms with Gasteiger partial charge >= 0.3 is 0 Å². The molecule has 4 N–H and O–H groups in total. The van der Waals surface area contributed by atoms with Gasteiger partial charge in [-0.2, -0.15) is 0 Å². The smallest absolute Gasteiger partial charge is 0.119 e. The molecule has 2 aromatic rings. The lowest BCUT2D eigenvalue weighted by Crippen LogP contribution is -2.44. The van der Waals surface area contributed by atoms with E-state index in [2.05, 4.69) is 19.1 Å². The van der Waals surface area contributed by atoms with Crippen LogP contribution in [0.3, 0.4) is 0 Å². The number of hydrogen-bond donors (Lipinski definition) is 2. The quantitative estimate of drug-likeness (QED) is 0.744. The van der Waals surface area contributed by atoms with Crippen LogP contribution in [-0.2, 0) is 6.42 Å². The molecular formula is C20H28N2O. The second-order valence-electron chi connectivity index (χ2n) is 6.11. The highest BCUT2D eigenvalue weighted by atomic mass is 16.5. The average molecular weight is 312 g/mol. The first-order valence-electron chi connectivity index (χ1n) is 8.45. The van der Waals surface area contributed by atoms with Crippen molar-refractivity contribution in [3.63, 3.8) is 0 Å². The molecule has 0 aliphatic heterocycles. The third-order valence-corrected chi connectivity index (χ3v) is 4.02. The Hall–Kier alpha value is -1.84. The Bertz CT molecular complexity index is 503. The number of hydrogen-bond acceptors (Lipinski definition) is 3. The van der Waals surface area contributed by atoms with Crippen LogP contribution < -0.4 is 16.2 Å². The standard InChI is InChI=1S/C20H28N2O/c1-2-9-17(21)15-19(22)20(14-16-10-5-3-6-11-16)23-18-12-7-4-8-13-18/h3-8,10-13,17,19-20H,2,9,14-15,21-22H2,1H3. The third-order valence-electron chi connectivity index (χ3n) is 4.02. The van der Waals surface area contributed by atoms with Gasteiger partial charge in [0.1, 0.15) is 11.9 Å². The molecule has 0 fully saturated rings. The van der Waals surface area contributed by atoms with Gasteiger partial charge in [-0.1, -0.05) is 61.9 Å². The van der Waals surface area contributed by atoms with Crippen LogP contribution in [0, 0.1) is 0 Å². The Morgan fingerprint density at radius 1 is 0.913 bits per heavy atom. The molecule has 0 saturated carbocycles. The highest BCUT2D eigenvalue weighted by Gasteiger charge is 2.22. The summed E-state index contributed by atoms with van der Waals surface area (Å²) in [7, 11) is 0. The van der Waals surface area contributed by atoms with Crippen molar-refractivity contribution in [3.05, 3.63) is 66.2 Å². The maximum atomic E-state index is 6.44. The van der Waals surface area contributed by atoms with Gasteiger partial charge in [0.2, 0.25) is 0 Å². The maximum absolute atomic E-state index is 6.44. The zero-order valence-corrected chi connectivity index (χ0v) is 13.9. The van der Waals surface area contributed by atoms with Gasteiger partial charge < -0.3 is 16.2 Å². The molecule has 3 nitrogen and oxygen atoms in total. The molecule has 0 radical (unpaired) electrons. The van der Waals surface area contributed by atoms with E-state index in [0.717, 1.165) is 31.4 Å². The largest absolute Gasteiger partial charge is 0.488 e. The third kappa shape index (κ3) is 6.05. The van der Waals surface area contributed by atoms with E-state index in [1.54, 1.807) is 0 Å². The van der Waals surface area contributed by atoms with Crippen molar-refractivity contribution in [1.29, 1.82) is 0 Å². The molecular weight excluding hydrogens is 284 g/mol. The van der Waals surface area contributed by atoms with Gasteiger partial charge in [-0.15, -0.1) is 0 Å². The van der Waals surface area contributed by atoms with Crippen molar-refractivity contribution in [2.45, 2.75) is 50.8 Å². The van der Waals surface area contributed by atoms with Crippen molar-refractivity contribution in [1.82, 2.24) is 0 Å². The molecule has 0 amide bonds. The van der Waals surface area contributed by atoms with Crippen LogP contribution in [0.2, 0.25) is 0 Å². The fraction of sp³-hybridized carbons (Fsp3) is 0.400. The van der Waals surface area contributed by atoms with Crippen LogP contribution in [0.25, 0.3) is 0 Å². The molecule has 124 valence electrons. The topological polar surface area (TPSA) is 61.3 Å². The summed E-state index contributed by atoms with van der Waals surface area (Å²) >= 11 is 0. The molecule has 3 atom stereocenters. The molecule has 2 rings (SSSR count). The molecule has 3 unspecified atom stereocenters. The predicted molar refractivity (Wildman–Crippen MR) is 96.5 cm³/mol. The summed E-state index contributed by atoms with van der Waals surface area (Å²) in [6.07, 6.45) is 3.56. The fourth-order valence-electron chi connectivity index (χ4n) is 2.79. The molecule has 0 aliphatic carbocycles. The maximum Gasteiger partial charge on any atom is 0.119 e. The average Bonchev–Trinajstić information content (AvgIpc) is 2.56. The number of ether oxygens (including phenoxy) is 1. The van der Waals surface area contributed by atoms with E-state index in [1.807, 2.05) is 48.5 Å². The molecule has 23 heavy (non-hydrogen) atoms. The first-order chi connectivity index (χ1) is 11.2. The van der Waals surface area contributed by atoms with Crippen LogP contribution in [0.5, 0.6) is 5.75 Å². The Balaban J connectivity index is 2.06. The van der Waals surface area contributed by atoms with E-state index < -0.39 is 0 Å². The Morgan fingerprint density at radius 3 is 2.13 bits per heavy atom. The van der Waals surface area contributed by atoms with E-state index in [4.69, 9.17) is 16.2 Å². The highest BCUT2D eigenvalue weighted by molar-refractivity contribution is 5.22. The van der Waals surface area contributed by atoms with Crippen LogP contribution in [0.4, 0.5) is 0 Å². The van der Waals surface area contributed by atoms with E-state index in [-0.39, 0.29) is 18.2 Å². The minimum absolute atomic E-state index is 0.0808. The Kier molecular flexibility index (Phi) is 7.11. The van der Waals surface area contributed by atoms with E-state index >= 15 is 0 Å². The Labute approximate surface area is 139 Å². The van der Waals surface area contributed by atoms with Gasteiger partial charge in [-0.25, -0.2) is 0 Å². The Morgan fingerprint density at radius 2 is 1.52 bits per heavy atom. The van der Waals surface area contributed by atoms with Gasteiger partial charge in [0.05, 0.1) is 0 Å². The summed E-state index contributed by atoms with van der Waals surface area (Å²) in [5, 5.41) is 0. The molecule has 3 heteroatoms. The van der Waals surface area contributed by atoms with Crippen LogP contribution >= 0.6 is 0 Å². The lowest BCUT2D eigenvalue weighted by molar-refractivity contribution is 0.161. The summed E-state index contributed by atoms with van der Waals surface area (Å²) in [6, 6.07) is 20.3. The zero-order valence-electron chi connectivity index (χ0n) is 13.9. The van der Waals surface area contributed by atoms with Crippen LogP contribution in [0.1, 0.15) is 31.7 Å². The molecule has 0 saturated heterocycles. The summed E-state index contributed by atoms with van der Waals surface area (Å²) in [4.78, 5) is 0. The lowest BCUT2D eigenvalue weighted by Gasteiger charge is -2.27. The highest BCUT2D eigenvalue weighted by Crippen LogP contribution is 2.18. The summed E-state index contributed by atoms with van der Waals surface area (Å²) in [5.74, 6) is 0.855. The zero-order chi connectivity index (χ0) is 16.5. The van der Waals surface area contributed by atoms with Gasteiger partial charge in [-0.05, 0) is 30.5 Å². The van der Waals surface area contributed by atoms with E-state index in [1.165, 1.54) is 5.56 Å². The second-order valence-corrected chi connectivity index (χ2v) is 6.11. The fourth-order valence-corrected chi connectivity index (χ4v) is 2.79. The molecule has 0 heterocycles. The molecule has 0 spiro atoms. The van der Waals surface area contributed by atoms with Crippen molar-refractivity contribution < 1.29 is 4.74 Å². The SMILES string of the molecule is CCCC(N)CC(N)C(Cc1ccccc1)Oc1ccccc1. The van der Waals surface area contributed by atoms with Crippen LogP contribution in [0.15, 0.2) is 60.7 Å². The number of benzene rings is 2. The number of rotatable bonds is 9. The molecule has 2 aromatic carbocycles. The summed E-state index contributed by atoms with van der Waals surface area (Å²) in [6.45, 7) is 2.15. The number of para-hydroxylation sites is 1. The molecule has 0 bridgehead atoms. The second kappa shape index (κ2) is 9.33.